The Balaban J connectivity index is 3.49. The summed E-state index contributed by atoms with van der Waals surface area (Å²) in [6, 6.07) is 1.52. The van der Waals surface area contributed by atoms with Gasteiger partial charge < -0.3 is 14.9 Å². The van der Waals surface area contributed by atoms with Crippen LogP contribution in [0.3, 0.4) is 0 Å². The van der Waals surface area contributed by atoms with Gasteiger partial charge in [0.2, 0.25) is 0 Å². The summed E-state index contributed by atoms with van der Waals surface area (Å²) in [5.41, 5.74) is 1.15. The van der Waals surface area contributed by atoms with Crippen molar-refractivity contribution in [1.29, 1.82) is 0 Å². The zero-order valence-corrected chi connectivity index (χ0v) is 13.0. The largest absolute Gasteiger partial charge is 0.507 e. The highest BCUT2D eigenvalue weighted by Crippen LogP contribution is 2.42. The minimum absolute atomic E-state index is 0.0405. The van der Waals surface area contributed by atoms with Crippen molar-refractivity contribution in [3.05, 3.63) is 22.8 Å². The van der Waals surface area contributed by atoms with E-state index >= 15 is 0 Å². The van der Waals surface area contributed by atoms with Crippen molar-refractivity contribution in [2.45, 2.75) is 59.5 Å². The van der Waals surface area contributed by atoms with E-state index in [1.807, 2.05) is 27.7 Å². The van der Waals surface area contributed by atoms with Gasteiger partial charge in [0.1, 0.15) is 17.1 Å². The minimum atomic E-state index is -0.568. The normalized spacial score (nSPS) is 11.4. The monoisotopic (exact) mass is 280 g/mol. The van der Waals surface area contributed by atoms with Gasteiger partial charge >= 0.3 is 5.97 Å². The second-order valence-electron chi connectivity index (χ2n) is 5.89. The molecule has 0 amide bonds. The van der Waals surface area contributed by atoms with Crippen molar-refractivity contribution in [3.63, 3.8) is 0 Å². The lowest BCUT2D eigenvalue weighted by Gasteiger charge is -2.19. The number of carbonyl (C=O) groups is 1. The number of phenols is 2. The predicted octanol–water partition coefficient (Wildman–Crippen LogP) is 3.91. The van der Waals surface area contributed by atoms with E-state index in [1.165, 1.54) is 6.07 Å². The molecule has 0 aliphatic heterocycles. The Kier molecular flexibility index (Phi) is 5.03. The topological polar surface area (TPSA) is 66.8 Å². The molecule has 0 spiro atoms. The van der Waals surface area contributed by atoms with Crippen LogP contribution in [0, 0.1) is 0 Å². The van der Waals surface area contributed by atoms with Crippen molar-refractivity contribution in [2.75, 3.05) is 0 Å². The molecule has 0 saturated carbocycles. The third-order valence-electron chi connectivity index (χ3n) is 3.10. The van der Waals surface area contributed by atoms with Gasteiger partial charge in [0.25, 0.3) is 0 Å². The molecule has 0 fully saturated rings. The fraction of sp³-hybridized carbons (Fsp3) is 0.562. The zero-order chi connectivity index (χ0) is 15.6. The van der Waals surface area contributed by atoms with Crippen molar-refractivity contribution in [1.82, 2.24) is 0 Å². The molecule has 4 nitrogen and oxygen atoms in total. The smallest absolute Gasteiger partial charge is 0.342 e. The average molecular weight is 280 g/mol. The SMILES string of the molecule is CC(C)OC(=O)c1cc(C(C)C)c(O)c(C(C)C)c1O. The number of rotatable bonds is 4. The van der Waals surface area contributed by atoms with Crippen molar-refractivity contribution < 1.29 is 19.7 Å². The third-order valence-corrected chi connectivity index (χ3v) is 3.10. The van der Waals surface area contributed by atoms with Gasteiger partial charge in [-0.25, -0.2) is 4.79 Å². The molecular weight excluding hydrogens is 256 g/mol. The quantitative estimate of drug-likeness (QED) is 0.821. The Morgan fingerprint density at radius 1 is 1.00 bits per heavy atom. The maximum Gasteiger partial charge on any atom is 0.342 e. The van der Waals surface area contributed by atoms with Gasteiger partial charge in [0.05, 0.1) is 6.10 Å². The molecular formula is C16H24O4. The zero-order valence-electron chi connectivity index (χ0n) is 13.0. The second kappa shape index (κ2) is 6.16. The lowest BCUT2D eigenvalue weighted by atomic mass is 9.90. The van der Waals surface area contributed by atoms with Gasteiger partial charge in [-0.2, -0.15) is 0 Å². The summed E-state index contributed by atoms with van der Waals surface area (Å²) >= 11 is 0. The summed E-state index contributed by atoms with van der Waals surface area (Å²) < 4.78 is 5.15. The Bertz CT molecular complexity index is 502. The van der Waals surface area contributed by atoms with Crippen molar-refractivity contribution in [2.24, 2.45) is 0 Å². The van der Waals surface area contributed by atoms with Crippen LogP contribution in [0.15, 0.2) is 6.07 Å². The number of carbonyl (C=O) groups excluding carboxylic acids is 1. The number of esters is 1. The highest BCUT2D eigenvalue weighted by Gasteiger charge is 2.25. The van der Waals surface area contributed by atoms with Gasteiger partial charge in [-0.05, 0) is 37.3 Å². The van der Waals surface area contributed by atoms with Crippen molar-refractivity contribution in [3.8, 4) is 11.5 Å². The van der Waals surface area contributed by atoms with E-state index in [1.54, 1.807) is 13.8 Å². The fourth-order valence-corrected chi connectivity index (χ4v) is 2.13. The number of benzene rings is 1. The van der Waals surface area contributed by atoms with Crippen LogP contribution in [-0.4, -0.2) is 22.3 Å². The van der Waals surface area contributed by atoms with Crippen LogP contribution in [0.25, 0.3) is 0 Å². The van der Waals surface area contributed by atoms with E-state index < -0.39 is 5.97 Å². The van der Waals surface area contributed by atoms with E-state index in [0.29, 0.717) is 11.1 Å². The molecule has 0 aliphatic rings. The molecule has 4 heteroatoms. The summed E-state index contributed by atoms with van der Waals surface area (Å²) in [5, 5.41) is 20.6. The number of ether oxygens (including phenoxy) is 1. The average Bonchev–Trinajstić information content (AvgIpc) is 2.26. The summed E-state index contributed by atoms with van der Waals surface area (Å²) in [6.07, 6.45) is -0.263. The number of hydrogen-bond donors (Lipinski definition) is 2. The highest BCUT2D eigenvalue weighted by molar-refractivity contribution is 5.94. The molecule has 0 saturated heterocycles. The second-order valence-corrected chi connectivity index (χ2v) is 5.89. The molecule has 0 radical (unpaired) electrons. The number of hydrogen-bond acceptors (Lipinski definition) is 4. The van der Waals surface area contributed by atoms with Crippen LogP contribution in [0.4, 0.5) is 0 Å². The maximum atomic E-state index is 12.1. The first-order valence-corrected chi connectivity index (χ1v) is 6.96. The van der Waals surface area contributed by atoms with E-state index in [-0.39, 0.29) is 35.0 Å². The summed E-state index contributed by atoms with van der Waals surface area (Å²) in [6.45, 7) is 11.1. The molecule has 1 aromatic carbocycles. The lowest BCUT2D eigenvalue weighted by molar-refractivity contribution is 0.0374. The molecule has 1 aromatic rings. The molecule has 0 aromatic heterocycles. The van der Waals surface area contributed by atoms with Crippen LogP contribution >= 0.6 is 0 Å². The molecule has 0 atom stereocenters. The molecule has 112 valence electrons. The lowest BCUT2D eigenvalue weighted by Crippen LogP contribution is -2.13. The molecule has 0 aliphatic carbocycles. The van der Waals surface area contributed by atoms with E-state index in [0.717, 1.165) is 0 Å². The predicted molar refractivity (Wildman–Crippen MR) is 78.5 cm³/mol. The van der Waals surface area contributed by atoms with E-state index in [9.17, 15) is 15.0 Å². The highest BCUT2D eigenvalue weighted by atomic mass is 16.5. The summed E-state index contributed by atoms with van der Waals surface area (Å²) in [5.74, 6) is -0.750. The Labute approximate surface area is 120 Å². The fourth-order valence-electron chi connectivity index (χ4n) is 2.13. The molecule has 2 N–H and O–H groups in total. The molecule has 20 heavy (non-hydrogen) atoms. The van der Waals surface area contributed by atoms with Crippen molar-refractivity contribution >= 4 is 5.97 Å². The first kappa shape index (κ1) is 16.3. The number of phenolic OH excluding ortho intramolecular Hbond substituents is 2. The molecule has 0 unspecified atom stereocenters. The third kappa shape index (κ3) is 3.24. The Morgan fingerprint density at radius 2 is 1.55 bits per heavy atom. The van der Waals surface area contributed by atoms with Crippen LogP contribution in [0.2, 0.25) is 0 Å². The summed E-state index contributed by atoms with van der Waals surface area (Å²) in [7, 11) is 0. The maximum absolute atomic E-state index is 12.1. The van der Waals surface area contributed by atoms with Gasteiger partial charge in [-0.15, -0.1) is 0 Å². The van der Waals surface area contributed by atoms with Gasteiger partial charge in [-0.1, -0.05) is 27.7 Å². The van der Waals surface area contributed by atoms with Gasteiger partial charge in [0, 0.05) is 5.56 Å². The van der Waals surface area contributed by atoms with E-state index in [2.05, 4.69) is 0 Å². The summed E-state index contributed by atoms with van der Waals surface area (Å²) in [4.78, 5) is 12.1. The first-order chi connectivity index (χ1) is 9.16. The first-order valence-electron chi connectivity index (χ1n) is 6.96. The number of aromatic hydroxyl groups is 2. The van der Waals surface area contributed by atoms with Gasteiger partial charge in [0.15, 0.2) is 0 Å². The van der Waals surface area contributed by atoms with Crippen LogP contribution in [0.5, 0.6) is 11.5 Å². The molecule has 0 heterocycles. The minimum Gasteiger partial charge on any atom is -0.507 e. The van der Waals surface area contributed by atoms with E-state index in [4.69, 9.17) is 4.74 Å². The van der Waals surface area contributed by atoms with Gasteiger partial charge in [-0.3, -0.25) is 0 Å². The Morgan fingerprint density at radius 3 is 1.95 bits per heavy atom. The van der Waals surface area contributed by atoms with Crippen LogP contribution in [0.1, 0.15) is 74.9 Å². The van der Waals surface area contributed by atoms with Crippen LogP contribution < -0.4 is 0 Å². The Hall–Kier alpha value is -1.71. The molecule has 1 rings (SSSR count). The molecule has 0 bridgehead atoms. The standard InChI is InChI=1S/C16H24O4/c1-8(2)11-7-12(16(19)20-10(5)6)15(18)13(9(3)4)14(11)17/h7-10,17-18H,1-6H3. The van der Waals surface area contributed by atoms with Crippen LogP contribution in [-0.2, 0) is 4.74 Å².